The molecule has 0 aliphatic heterocycles. The molecule has 0 bridgehead atoms. The summed E-state index contributed by atoms with van der Waals surface area (Å²) in [6, 6.07) is 3.49. The van der Waals surface area contributed by atoms with E-state index in [1.807, 2.05) is 0 Å². The Hall–Kier alpha value is -1.40. The summed E-state index contributed by atoms with van der Waals surface area (Å²) in [4.78, 5) is 25.0. The van der Waals surface area contributed by atoms with Crippen molar-refractivity contribution in [2.75, 3.05) is 19.7 Å². The van der Waals surface area contributed by atoms with Crippen LogP contribution in [0.3, 0.4) is 0 Å². The van der Waals surface area contributed by atoms with E-state index in [1.165, 1.54) is 16.2 Å². The number of hydrogen-bond acceptors (Lipinski definition) is 4. The largest absolute Gasteiger partial charge is 0.481 e. The molecule has 1 amide bonds. The van der Waals surface area contributed by atoms with Crippen molar-refractivity contribution in [3.05, 3.63) is 22.4 Å². The number of aliphatic hydroxyl groups is 1. The number of aliphatic hydroxyl groups excluding tert-OH is 1. The van der Waals surface area contributed by atoms with E-state index in [9.17, 15) is 9.59 Å². The van der Waals surface area contributed by atoms with Crippen molar-refractivity contribution in [1.82, 2.24) is 4.90 Å². The minimum absolute atomic E-state index is 0.0182. The SMILES string of the molecule is CC(CN(CCCO)C(=O)c1cccs1)C(=O)O. The Bertz CT molecular complexity index is 391. The van der Waals surface area contributed by atoms with Crippen molar-refractivity contribution in [1.29, 1.82) is 0 Å². The lowest BCUT2D eigenvalue weighted by atomic mass is 10.1. The fourth-order valence-electron chi connectivity index (χ4n) is 1.50. The van der Waals surface area contributed by atoms with Gasteiger partial charge in [-0.3, -0.25) is 9.59 Å². The highest BCUT2D eigenvalue weighted by Crippen LogP contribution is 2.14. The molecule has 0 aliphatic carbocycles. The topological polar surface area (TPSA) is 77.8 Å². The van der Waals surface area contributed by atoms with Crippen LogP contribution in [0.1, 0.15) is 23.0 Å². The van der Waals surface area contributed by atoms with E-state index < -0.39 is 11.9 Å². The summed E-state index contributed by atoms with van der Waals surface area (Å²) in [5.74, 6) is -1.72. The molecule has 18 heavy (non-hydrogen) atoms. The van der Waals surface area contributed by atoms with Gasteiger partial charge in [0.2, 0.25) is 0 Å². The summed E-state index contributed by atoms with van der Waals surface area (Å²) in [7, 11) is 0. The van der Waals surface area contributed by atoms with Crippen LogP contribution in [0.15, 0.2) is 17.5 Å². The van der Waals surface area contributed by atoms with Gasteiger partial charge in [0.25, 0.3) is 5.91 Å². The molecule has 0 aliphatic rings. The predicted octanol–water partition coefficient (Wildman–Crippen LogP) is 1.29. The first-order valence-electron chi connectivity index (χ1n) is 5.72. The smallest absolute Gasteiger partial charge is 0.308 e. The zero-order valence-corrected chi connectivity index (χ0v) is 11.0. The van der Waals surface area contributed by atoms with Crippen LogP contribution >= 0.6 is 11.3 Å². The second kappa shape index (κ2) is 7.13. The first kappa shape index (κ1) is 14.7. The molecule has 0 saturated heterocycles. The van der Waals surface area contributed by atoms with Crippen molar-refractivity contribution >= 4 is 23.2 Å². The van der Waals surface area contributed by atoms with E-state index in [1.54, 1.807) is 24.4 Å². The lowest BCUT2D eigenvalue weighted by Gasteiger charge is -2.23. The highest BCUT2D eigenvalue weighted by molar-refractivity contribution is 7.12. The average Bonchev–Trinajstić information content (AvgIpc) is 2.86. The van der Waals surface area contributed by atoms with Gasteiger partial charge < -0.3 is 15.1 Å². The van der Waals surface area contributed by atoms with E-state index in [-0.39, 0.29) is 19.1 Å². The summed E-state index contributed by atoms with van der Waals surface area (Å²) in [6.07, 6.45) is 0.448. The van der Waals surface area contributed by atoms with E-state index >= 15 is 0 Å². The van der Waals surface area contributed by atoms with Crippen LogP contribution < -0.4 is 0 Å². The Kier molecular flexibility index (Phi) is 5.80. The van der Waals surface area contributed by atoms with Gasteiger partial charge in [0.15, 0.2) is 0 Å². The van der Waals surface area contributed by atoms with Crippen molar-refractivity contribution in [2.45, 2.75) is 13.3 Å². The maximum Gasteiger partial charge on any atom is 0.308 e. The fraction of sp³-hybridized carbons (Fsp3) is 0.500. The third-order valence-corrected chi connectivity index (χ3v) is 3.38. The van der Waals surface area contributed by atoms with Gasteiger partial charge in [-0.2, -0.15) is 0 Å². The third-order valence-electron chi connectivity index (χ3n) is 2.52. The number of carbonyl (C=O) groups is 2. The number of hydrogen-bond donors (Lipinski definition) is 2. The Morgan fingerprint density at radius 3 is 2.72 bits per heavy atom. The van der Waals surface area contributed by atoms with E-state index in [2.05, 4.69) is 0 Å². The predicted molar refractivity (Wildman–Crippen MR) is 68.7 cm³/mol. The van der Waals surface area contributed by atoms with Crippen LogP contribution in [0.2, 0.25) is 0 Å². The molecule has 100 valence electrons. The molecule has 1 rings (SSSR count). The molecule has 5 nitrogen and oxygen atoms in total. The minimum Gasteiger partial charge on any atom is -0.481 e. The Morgan fingerprint density at radius 2 is 2.22 bits per heavy atom. The van der Waals surface area contributed by atoms with Gasteiger partial charge in [0, 0.05) is 19.7 Å². The molecular weight excluding hydrogens is 254 g/mol. The quantitative estimate of drug-likeness (QED) is 0.783. The molecule has 1 aromatic rings. The summed E-state index contributed by atoms with van der Waals surface area (Å²) in [6.45, 7) is 2.07. The van der Waals surface area contributed by atoms with Crippen LogP contribution in [0, 0.1) is 5.92 Å². The molecule has 6 heteroatoms. The Labute approximate surface area is 110 Å². The van der Waals surface area contributed by atoms with Crippen molar-refractivity contribution < 1.29 is 19.8 Å². The van der Waals surface area contributed by atoms with Gasteiger partial charge in [-0.15, -0.1) is 11.3 Å². The van der Waals surface area contributed by atoms with Crippen LogP contribution in [0.5, 0.6) is 0 Å². The molecule has 1 unspecified atom stereocenters. The van der Waals surface area contributed by atoms with E-state index in [4.69, 9.17) is 10.2 Å². The zero-order chi connectivity index (χ0) is 13.5. The number of amides is 1. The minimum atomic E-state index is -0.928. The zero-order valence-electron chi connectivity index (χ0n) is 10.2. The maximum absolute atomic E-state index is 12.1. The number of carboxylic acid groups (broad SMARTS) is 1. The summed E-state index contributed by atoms with van der Waals surface area (Å²) in [5.41, 5.74) is 0. The van der Waals surface area contributed by atoms with E-state index in [0.717, 1.165) is 0 Å². The summed E-state index contributed by atoms with van der Waals surface area (Å²) >= 11 is 1.33. The highest BCUT2D eigenvalue weighted by atomic mass is 32.1. The number of nitrogens with zero attached hydrogens (tertiary/aromatic N) is 1. The molecular formula is C12H17NO4S. The molecule has 0 spiro atoms. The van der Waals surface area contributed by atoms with Crippen LogP contribution in [0.25, 0.3) is 0 Å². The summed E-state index contributed by atoms with van der Waals surface area (Å²) < 4.78 is 0. The molecule has 1 heterocycles. The van der Waals surface area contributed by atoms with Crippen molar-refractivity contribution in [3.8, 4) is 0 Å². The molecule has 0 fully saturated rings. The lowest BCUT2D eigenvalue weighted by molar-refractivity contribution is -0.141. The lowest BCUT2D eigenvalue weighted by Crippen LogP contribution is -2.37. The van der Waals surface area contributed by atoms with Gasteiger partial charge in [0.1, 0.15) is 0 Å². The third kappa shape index (κ3) is 4.12. The maximum atomic E-state index is 12.1. The second-order valence-corrected chi connectivity index (χ2v) is 4.99. The monoisotopic (exact) mass is 271 g/mol. The summed E-state index contributed by atoms with van der Waals surface area (Å²) in [5, 5.41) is 19.5. The number of rotatable bonds is 7. The average molecular weight is 271 g/mol. The number of carboxylic acids is 1. The Balaban J connectivity index is 2.71. The molecule has 0 saturated carbocycles. The number of carbonyl (C=O) groups excluding carboxylic acids is 1. The first-order chi connectivity index (χ1) is 8.56. The van der Waals surface area contributed by atoms with Gasteiger partial charge in [-0.05, 0) is 17.9 Å². The van der Waals surface area contributed by atoms with Gasteiger partial charge in [-0.1, -0.05) is 13.0 Å². The van der Waals surface area contributed by atoms with Crippen molar-refractivity contribution in [3.63, 3.8) is 0 Å². The molecule has 2 N–H and O–H groups in total. The van der Waals surface area contributed by atoms with Crippen LogP contribution in [-0.2, 0) is 4.79 Å². The van der Waals surface area contributed by atoms with Gasteiger partial charge >= 0.3 is 5.97 Å². The first-order valence-corrected chi connectivity index (χ1v) is 6.60. The molecule has 1 aromatic heterocycles. The van der Waals surface area contributed by atoms with Crippen molar-refractivity contribution in [2.24, 2.45) is 5.92 Å². The normalized spacial score (nSPS) is 12.1. The van der Waals surface area contributed by atoms with Gasteiger partial charge in [-0.25, -0.2) is 0 Å². The number of thiophene rings is 1. The van der Waals surface area contributed by atoms with Crippen LogP contribution in [0.4, 0.5) is 0 Å². The fourth-order valence-corrected chi connectivity index (χ4v) is 2.19. The van der Waals surface area contributed by atoms with E-state index in [0.29, 0.717) is 17.8 Å². The highest BCUT2D eigenvalue weighted by Gasteiger charge is 2.21. The molecule has 0 radical (unpaired) electrons. The standard InChI is InChI=1S/C12H17NO4S/c1-9(12(16)17)8-13(5-3-6-14)11(15)10-4-2-7-18-10/h2,4,7,9,14H,3,5-6,8H2,1H3,(H,16,17). The molecule has 0 aromatic carbocycles. The number of aliphatic carboxylic acids is 1. The van der Waals surface area contributed by atoms with Crippen LogP contribution in [-0.4, -0.2) is 46.7 Å². The Morgan fingerprint density at radius 1 is 1.50 bits per heavy atom. The molecule has 1 atom stereocenters. The van der Waals surface area contributed by atoms with Gasteiger partial charge in [0.05, 0.1) is 10.8 Å². The second-order valence-electron chi connectivity index (χ2n) is 4.04.